The van der Waals surface area contributed by atoms with Gasteiger partial charge in [0.05, 0.1) is 5.76 Å². The molecule has 4 nitrogen and oxygen atoms in total. The van der Waals surface area contributed by atoms with Crippen molar-refractivity contribution in [3.63, 3.8) is 0 Å². The molecule has 0 spiro atoms. The minimum Gasteiger partial charge on any atom is -0.512 e. The fourth-order valence-electron chi connectivity index (χ4n) is 1.70. The number of pyridine rings is 1. The van der Waals surface area contributed by atoms with E-state index in [9.17, 15) is 9.18 Å². The number of anilines is 1. The van der Waals surface area contributed by atoms with E-state index in [2.05, 4.69) is 11.1 Å². The molecule has 0 saturated carbocycles. The molecule has 0 aliphatic carbocycles. The summed E-state index contributed by atoms with van der Waals surface area (Å²) in [4.78, 5) is 16.3. The standard InChI is InChI=1S/C13H12FN2.C5H8O2.Ir/c1-16(2)12-7-8-15-13(9-12)10-3-5-11(14)6-4-10;1-4(6)3-5(2)7;/h3,5-9H,1-2H3;3,6H,1-2H3;/q-1;;. The number of allylic oxidation sites excluding steroid dienone is 2. The fourth-order valence-corrected chi connectivity index (χ4v) is 1.70. The first-order valence-corrected chi connectivity index (χ1v) is 6.98. The van der Waals surface area contributed by atoms with Crippen LogP contribution in [0.25, 0.3) is 11.3 Å². The molecule has 0 aliphatic rings. The number of halogens is 1. The summed E-state index contributed by atoms with van der Waals surface area (Å²) in [5.41, 5.74) is 2.65. The van der Waals surface area contributed by atoms with Crippen LogP contribution in [-0.2, 0) is 24.9 Å². The number of hydrogen-bond acceptors (Lipinski definition) is 4. The van der Waals surface area contributed by atoms with Gasteiger partial charge < -0.3 is 15.0 Å². The Hall–Kier alpha value is -2.04. The zero-order valence-corrected chi connectivity index (χ0v) is 16.4. The van der Waals surface area contributed by atoms with Gasteiger partial charge in [0.2, 0.25) is 0 Å². The first kappa shape index (κ1) is 22.0. The van der Waals surface area contributed by atoms with E-state index in [1.807, 2.05) is 31.1 Å². The van der Waals surface area contributed by atoms with Crippen LogP contribution in [0.1, 0.15) is 13.8 Å². The molecular formula is C18H20FIrN2O2-. The minimum atomic E-state index is -0.285. The van der Waals surface area contributed by atoms with E-state index in [0.717, 1.165) is 16.9 Å². The second kappa shape index (κ2) is 10.7. The van der Waals surface area contributed by atoms with Crippen LogP contribution < -0.4 is 4.90 Å². The summed E-state index contributed by atoms with van der Waals surface area (Å²) in [5.74, 6) is -0.347. The van der Waals surface area contributed by atoms with E-state index in [1.165, 1.54) is 32.1 Å². The number of nitrogens with zero attached hydrogens (tertiary/aromatic N) is 2. The molecule has 1 heterocycles. The Morgan fingerprint density at radius 1 is 1.29 bits per heavy atom. The van der Waals surface area contributed by atoms with Crippen molar-refractivity contribution in [3.05, 3.63) is 60.2 Å². The Morgan fingerprint density at radius 3 is 2.38 bits per heavy atom. The third-order valence-corrected chi connectivity index (χ3v) is 2.72. The number of rotatable bonds is 3. The first-order valence-electron chi connectivity index (χ1n) is 6.98. The third-order valence-electron chi connectivity index (χ3n) is 2.72. The van der Waals surface area contributed by atoms with E-state index in [-0.39, 0.29) is 37.5 Å². The predicted molar refractivity (Wildman–Crippen MR) is 89.9 cm³/mol. The number of hydrogen-bond donors (Lipinski definition) is 1. The topological polar surface area (TPSA) is 53.4 Å². The number of aromatic nitrogens is 1. The van der Waals surface area contributed by atoms with Gasteiger partial charge in [-0.15, -0.1) is 29.8 Å². The van der Waals surface area contributed by atoms with Crippen LogP contribution in [0.3, 0.4) is 0 Å². The number of aliphatic hydroxyl groups is 1. The second-order valence-corrected chi connectivity index (χ2v) is 5.11. The van der Waals surface area contributed by atoms with E-state index >= 15 is 0 Å². The van der Waals surface area contributed by atoms with Crippen molar-refractivity contribution >= 4 is 11.5 Å². The Bertz CT molecular complexity index is 682. The largest absolute Gasteiger partial charge is 0.512 e. The van der Waals surface area contributed by atoms with Gasteiger partial charge in [-0.1, -0.05) is 6.07 Å². The van der Waals surface area contributed by atoms with Crippen LogP contribution in [0.5, 0.6) is 0 Å². The van der Waals surface area contributed by atoms with Gasteiger partial charge in [0.25, 0.3) is 0 Å². The van der Waals surface area contributed by atoms with Gasteiger partial charge in [0, 0.05) is 58.0 Å². The zero-order chi connectivity index (χ0) is 17.4. The Balaban J connectivity index is 0.000000570. The van der Waals surface area contributed by atoms with Gasteiger partial charge in [-0.05, 0) is 25.6 Å². The maximum absolute atomic E-state index is 12.8. The molecule has 1 aromatic carbocycles. The number of carbonyl (C=O) groups is 1. The zero-order valence-electron chi connectivity index (χ0n) is 14.0. The smallest absolute Gasteiger partial charge is 0.155 e. The van der Waals surface area contributed by atoms with Crippen molar-refractivity contribution in [2.75, 3.05) is 19.0 Å². The van der Waals surface area contributed by atoms with Gasteiger partial charge in [0.15, 0.2) is 5.78 Å². The van der Waals surface area contributed by atoms with Crippen LogP contribution >= 0.6 is 0 Å². The number of benzene rings is 1. The monoisotopic (exact) mass is 508 g/mol. The van der Waals surface area contributed by atoms with Crippen LogP contribution in [0.15, 0.2) is 48.4 Å². The van der Waals surface area contributed by atoms with Gasteiger partial charge in [-0.25, -0.2) is 0 Å². The maximum Gasteiger partial charge on any atom is 0.155 e. The molecule has 0 bridgehead atoms. The normalized spacial score (nSPS) is 10.1. The van der Waals surface area contributed by atoms with E-state index in [0.29, 0.717) is 0 Å². The van der Waals surface area contributed by atoms with Gasteiger partial charge in [0.1, 0.15) is 0 Å². The minimum absolute atomic E-state index is 0. The number of carbonyl (C=O) groups excluding carboxylic acids is 1. The Morgan fingerprint density at radius 2 is 1.96 bits per heavy atom. The summed E-state index contributed by atoms with van der Waals surface area (Å²) in [6.45, 7) is 2.85. The number of aliphatic hydroxyl groups excluding tert-OH is 1. The average molecular weight is 508 g/mol. The van der Waals surface area contributed by atoms with E-state index in [1.54, 1.807) is 12.3 Å². The van der Waals surface area contributed by atoms with E-state index < -0.39 is 0 Å². The average Bonchev–Trinajstić information content (AvgIpc) is 2.47. The summed E-state index contributed by atoms with van der Waals surface area (Å²) in [7, 11) is 3.93. The van der Waals surface area contributed by atoms with Crippen molar-refractivity contribution < 1.29 is 34.4 Å². The molecule has 0 aliphatic heterocycles. The van der Waals surface area contributed by atoms with Crippen molar-refractivity contribution in [1.29, 1.82) is 0 Å². The molecule has 1 radical (unpaired) electrons. The van der Waals surface area contributed by atoms with Gasteiger partial charge in [-0.2, -0.15) is 0 Å². The predicted octanol–water partition coefficient (Wildman–Crippen LogP) is 3.79. The Kier molecular flexibility index (Phi) is 9.77. The molecule has 2 aromatic rings. The molecular weight excluding hydrogens is 487 g/mol. The second-order valence-electron chi connectivity index (χ2n) is 5.11. The molecule has 6 heteroatoms. The first-order chi connectivity index (χ1) is 10.8. The van der Waals surface area contributed by atoms with Crippen LogP contribution in [0, 0.1) is 11.9 Å². The number of ketones is 1. The van der Waals surface area contributed by atoms with Crippen molar-refractivity contribution in [1.82, 2.24) is 4.98 Å². The van der Waals surface area contributed by atoms with Crippen molar-refractivity contribution in [2.45, 2.75) is 13.8 Å². The molecule has 0 fully saturated rings. The van der Waals surface area contributed by atoms with Crippen LogP contribution in [0.4, 0.5) is 10.1 Å². The molecule has 2 rings (SSSR count). The molecule has 24 heavy (non-hydrogen) atoms. The van der Waals surface area contributed by atoms with Gasteiger partial charge in [-0.3, -0.25) is 9.18 Å². The third kappa shape index (κ3) is 7.99. The summed E-state index contributed by atoms with van der Waals surface area (Å²) in [6, 6.07) is 11.1. The summed E-state index contributed by atoms with van der Waals surface area (Å²) < 4.78 is 12.8. The molecule has 131 valence electrons. The molecule has 1 N–H and O–H groups in total. The molecule has 0 atom stereocenters. The molecule has 0 amide bonds. The summed E-state index contributed by atoms with van der Waals surface area (Å²) in [5, 5.41) is 8.36. The van der Waals surface area contributed by atoms with Crippen molar-refractivity contribution in [3.8, 4) is 11.3 Å². The quantitative estimate of drug-likeness (QED) is 0.390. The molecule has 0 saturated heterocycles. The summed E-state index contributed by atoms with van der Waals surface area (Å²) in [6.07, 6.45) is 2.90. The van der Waals surface area contributed by atoms with Crippen molar-refractivity contribution in [2.24, 2.45) is 0 Å². The van der Waals surface area contributed by atoms with E-state index in [4.69, 9.17) is 5.11 Å². The maximum atomic E-state index is 12.8. The molecule has 0 unspecified atom stereocenters. The Labute approximate surface area is 155 Å². The summed E-state index contributed by atoms with van der Waals surface area (Å²) >= 11 is 0. The SMILES string of the molecule is CC(=O)C=C(C)O.CN(C)c1ccnc(-c2[c-]cc(F)cc2)c1.[Ir]. The molecule has 1 aromatic heterocycles. The van der Waals surface area contributed by atoms with Gasteiger partial charge >= 0.3 is 0 Å². The van der Waals surface area contributed by atoms with Crippen LogP contribution in [-0.4, -0.2) is 30.0 Å². The fraction of sp³-hybridized carbons (Fsp3) is 0.222. The van der Waals surface area contributed by atoms with Crippen LogP contribution in [0.2, 0.25) is 0 Å².